The molecule has 1 N–H and O–H groups in total. The Labute approximate surface area is 190 Å². The van der Waals surface area contributed by atoms with Gasteiger partial charge in [-0.2, -0.15) is 0 Å². The zero-order chi connectivity index (χ0) is 21.8. The molecule has 1 aliphatic carbocycles. The highest BCUT2D eigenvalue weighted by atomic mass is 32.2. The molecule has 1 aromatic carbocycles. The minimum atomic E-state index is -0.0558. The molecule has 162 valence electrons. The van der Waals surface area contributed by atoms with E-state index in [0.717, 1.165) is 35.9 Å². The van der Waals surface area contributed by atoms with Crippen LogP contribution >= 0.6 is 23.1 Å². The summed E-state index contributed by atoms with van der Waals surface area (Å²) in [6.45, 7) is 7.03. The molecule has 0 radical (unpaired) electrons. The molecule has 31 heavy (non-hydrogen) atoms. The van der Waals surface area contributed by atoms with Crippen molar-refractivity contribution in [2.45, 2.75) is 44.3 Å². The van der Waals surface area contributed by atoms with Gasteiger partial charge in [0.1, 0.15) is 4.83 Å². The molecule has 1 amide bonds. The van der Waals surface area contributed by atoms with Gasteiger partial charge in [-0.05, 0) is 42.7 Å². The summed E-state index contributed by atoms with van der Waals surface area (Å²) < 4.78 is 1.66. The van der Waals surface area contributed by atoms with Crippen LogP contribution < -0.4 is 10.9 Å². The van der Waals surface area contributed by atoms with Gasteiger partial charge in [-0.25, -0.2) is 4.98 Å². The molecular formula is C24H27N3O2S2. The predicted octanol–water partition coefficient (Wildman–Crippen LogP) is 4.22. The molecule has 1 aliphatic rings. The Bertz CT molecular complexity index is 1150. The zero-order valence-corrected chi connectivity index (χ0v) is 19.4. The second kappa shape index (κ2) is 9.83. The third kappa shape index (κ3) is 4.93. The first-order chi connectivity index (χ1) is 15.1. The van der Waals surface area contributed by atoms with Crippen molar-refractivity contribution in [2.75, 3.05) is 12.3 Å². The van der Waals surface area contributed by atoms with E-state index in [2.05, 4.69) is 31.0 Å². The molecule has 0 aliphatic heterocycles. The Morgan fingerprint density at radius 1 is 1.39 bits per heavy atom. The van der Waals surface area contributed by atoms with Gasteiger partial charge in [0, 0.05) is 18.0 Å². The Hall–Kier alpha value is -2.38. The molecule has 2 heterocycles. The SMILES string of the molecule is C=CCn1c(SCC(=O)NCCc2ccccc2)nc2sc3c(c2c1=O)CC[C@@H](C)C3. The van der Waals surface area contributed by atoms with Crippen molar-refractivity contribution in [3.8, 4) is 0 Å². The van der Waals surface area contributed by atoms with Gasteiger partial charge in [-0.1, -0.05) is 55.1 Å². The predicted molar refractivity (Wildman–Crippen MR) is 129 cm³/mol. The average Bonchev–Trinajstić information content (AvgIpc) is 3.12. The molecule has 0 saturated carbocycles. The number of hydrogen-bond acceptors (Lipinski definition) is 5. The molecule has 0 spiro atoms. The van der Waals surface area contributed by atoms with Crippen molar-refractivity contribution in [3.63, 3.8) is 0 Å². The molecule has 3 aromatic rings. The number of nitrogens with zero attached hydrogens (tertiary/aromatic N) is 2. The van der Waals surface area contributed by atoms with Gasteiger partial charge in [0.15, 0.2) is 5.16 Å². The van der Waals surface area contributed by atoms with Crippen LogP contribution in [0.25, 0.3) is 10.2 Å². The van der Waals surface area contributed by atoms with Crippen LogP contribution in [0.5, 0.6) is 0 Å². The van der Waals surface area contributed by atoms with Crippen molar-refractivity contribution in [1.29, 1.82) is 0 Å². The number of hydrogen-bond donors (Lipinski definition) is 1. The van der Waals surface area contributed by atoms with Crippen molar-refractivity contribution < 1.29 is 4.79 Å². The summed E-state index contributed by atoms with van der Waals surface area (Å²) in [5.41, 5.74) is 2.37. The smallest absolute Gasteiger partial charge is 0.263 e. The first-order valence-corrected chi connectivity index (χ1v) is 12.5. The summed E-state index contributed by atoms with van der Waals surface area (Å²) in [5, 5.41) is 4.31. The highest BCUT2D eigenvalue weighted by molar-refractivity contribution is 7.99. The van der Waals surface area contributed by atoms with E-state index in [9.17, 15) is 9.59 Å². The number of thioether (sulfide) groups is 1. The van der Waals surface area contributed by atoms with Crippen molar-refractivity contribution in [3.05, 3.63) is 69.3 Å². The number of nitrogens with one attached hydrogen (secondary N) is 1. The fourth-order valence-electron chi connectivity index (χ4n) is 3.98. The topological polar surface area (TPSA) is 64.0 Å². The molecule has 4 rings (SSSR count). The summed E-state index contributed by atoms with van der Waals surface area (Å²) >= 11 is 2.96. The monoisotopic (exact) mass is 453 g/mol. The number of aryl methyl sites for hydroxylation is 1. The fraction of sp³-hybridized carbons (Fsp3) is 0.375. The quantitative estimate of drug-likeness (QED) is 0.315. The van der Waals surface area contributed by atoms with E-state index < -0.39 is 0 Å². The molecule has 2 aromatic heterocycles. The summed E-state index contributed by atoms with van der Waals surface area (Å²) in [6, 6.07) is 10.1. The van der Waals surface area contributed by atoms with Crippen LogP contribution in [-0.4, -0.2) is 27.8 Å². The first-order valence-electron chi connectivity index (χ1n) is 10.7. The first kappa shape index (κ1) is 21.8. The van der Waals surface area contributed by atoms with E-state index in [1.54, 1.807) is 22.0 Å². The number of thiophene rings is 1. The second-order valence-electron chi connectivity index (χ2n) is 8.00. The summed E-state index contributed by atoms with van der Waals surface area (Å²) in [5.74, 6) is 0.815. The normalized spacial score (nSPS) is 15.6. The molecule has 7 heteroatoms. The highest BCUT2D eigenvalue weighted by Crippen LogP contribution is 2.36. The number of rotatable bonds is 8. The molecule has 5 nitrogen and oxygen atoms in total. The van der Waals surface area contributed by atoms with E-state index >= 15 is 0 Å². The number of amides is 1. The maximum absolute atomic E-state index is 13.3. The largest absolute Gasteiger partial charge is 0.355 e. The number of carbonyl (C=O) groups excluding carboxylic acids is 1. The molecule has 0 fully saturated rings. The molecule has 0 bridgehead atoms. The molecule has 1 atom stereocenters. The standard InChI is InChI=1S/C24H27N3O2S2/c1-3-13-27-23(29)21-18-10-9-16(2)14-19(18)31-22(21)26-24(27)30-15-20(28)25-12-11-17-7-5-4-6-8-17/h3-8,16H,1,9-15H2,2H3,(H,25,28)/t16-/m1/s1. The summed E-state index contributed by atoms with van der Waals surface area (Å²) in [6.07, 6.45) is 5.57. The second-order valence-corrected chi connectivity index (χ2v) is 10.0. The van der Waals surface area contributed by atoms with Gasteiger partial charge in [0.2, 0.25) is 5.91 Å². The van der Waals surface area contributed by atoms with Gasteiger partial charge in [0.25, 0.3) is 5.56 Å². The lowest BCUT2D eigenvalue weighted by molar-refractivity contribution is -0.118. The lowest BCUT2D eigenvalue weighted by Gasteiger charge is -2.17. The van der Waals surface area contributed by atoms with Crippen LogP contribution in [0.15, 0.2) is 52.9 Å². The van der Waals surface area contributed by atoms with Crippen LogP contribution in [0.3, 0.4) is 0 Å². The third-order valence-electron chi connectivity index (χ3n) is 5.60. The molecule has 0 saturated heterocycles. The van der Waals surface area contributed by atoms with Gasteiger partial charge in [0.05, 0.1) is 11.1 Å². The third-order valence-corrected chi connectivity index (χ3v) is 7.73. The van der Waals surface area contributed by atoms with E-state index in [1.807, 2.05) is 18.2 Å². The lowest BCUT2D eigenvalue weighted by Crippen LogP contribution is -2.28. The van der Waals surface area contributed by atoms with Crippen molar-refractivity contribution in [2.24, 2.45) is 5.92 Å². The van der Waals surface area contributed by atoms with Gasteiger partial charge >= 0.3 is 0 Å². The maximum atomic E-state index is 13.3. The Balaban J connectivity index is 1.49. The minimum Gasteiger partial charge on any atom is -0.355 e. The minimum absolute atomic E-state index is 0.0102. The maximum Gasteiger partial charge on any atom is 0.263 e. The van der Waals surface area contributed by atoms with E-state index in [4.69, 9.17) is 4.98 Å². The summed E-state index contributed by atoms with van der Waals surface area (Å²) in [4.78, 5) is 32.5. The number of benzene rings is 1. The van der Waals surface area contributed by atoms with Crippen LogP contribution in [0.4, 0.5) is 0 Å². The van der Waals surface area contributed by atoms with E-state index in [0.29, 0.717) is 24.2 Å². The van der Waals surface area contributed by atoms with Crippen LogP contribution in [-0.2, 0) is 30.6 Å². The number of carbonyl (C=O) groups is 1. The van der Waals surface area contributed by atoms with Gasteiger partial charge < -0.3 is 5.32 Å². The highest BCUT2D eigenvalue weighted by Gasteiger charge is 2.24. The molecule has 0 unspecified atom stereocenters. The average molecular weight is 454 g/mol. The number of fused-ring (bicyclic) bond motifs is 3. The number of aromatic nitrogens is 2. The van der Waals surface area contributed by atoms with Crippen LogP contribution in [0, 0.1) is 5.92 Å². The fourth-order valence-corrected chi connectivity index (χ4v) is 6.24. The van der Waals surface area contributed by atoms with Crippen LogP contribution in [0.1, 0.15) is 29.3 Å². The zero-order valence-electron chi connectivity index (χ0n) is 17.7. The Morgan fingerprint density at radius 3 is 2.97 bits per heavy atom. The van der Waals surface area contributed by atoms with Crippen LogP contribution in [0.2, 0.25) is 0 Å². The lowest BCUT2D eigenvalue weighted by atomic mass is 9.89. The van der Waals surface area contributed by atoms with E-state index in [1.165, 1.54) is 27.8 Å². The van der Waals surface area contributed by atoms with E-state index in [-0.39, 0.29) is 17.2 Å². The van der Waals surface area contributed by atoms with Crippen molar-refractivity contribution >= 4 is 39.2 Å². The molecular weight excluding hydrogens is 426 g/mol. The van der Waals surface area contributed by atoms with Gasteiger partial charge in [-0.15, -0.1) is 17.9 Å². The van der Waals surface area contributed by atoms with Gasteiger partial charge in [-0.3, -0.25) is 14.2 Å². The Morgan fingerprint density at radius 2 is 2.19 bits per heavy atom. The number of allylic oxidation sites excluding steroid dienone is 1. The summed E-state index contributed by atoms with van der Waals surface area (Å²) in [7, 11) is 0. The van der Waals surface area contributed by atoms with Crippen molar-refractivity contribution in [1.82, 2.24) is 14.9 Å². The Kier molecular flexibility index (Phi) is 6.92.